The van der Waals surface area contributed by atoms with Crippen molar-refractivity contribution in [2.45, 2.75) is 63.4 Å². The molecule has 0 heterocycles. The maximum absolute atomic E-state index is 10.3. The maximum Gasteiger partial charge on any atom is 0.0675 e. The molecule has 1 nitrogen and oxygen atoms in total. The molecule has 0 atom stereocenters. The molecule has 2 rings (SSSR count). The van der Waals surface area contributed by atoms with E-state index in [1.54, 1.807) is 0 Å². The summed E-state index contributed by atoms with van der Waals surface area (Å²) in [5.41, 5.74) is -0.236. The van der Waals surface area contributed by atoms with Crippen molar-refractivity contribution in [3.63, 3.8) is 0 Å². The summed E-state index contributed by atoms with van der Waals surface area (Å²) in [4.78, 5) is 0. The van der Waals surface area contributed by atoms with Gasteiger partial charge in [-0.05, 0) is 31.6 Å². The second-order valence-corrected chi connectivity index (χ2v) is 4.65. The van der Waals surface area contributed by atoms with Gasteiger partial charge in [0.05, 0.1) is 5.60 Å². The predicted molar refractivity (Wildman–Crippen MR) is 60.4 cm³/mol. The predicted octanol–water partition coefficient (Wildman–Crippen LogP) is 2.98. The molecule has 2 heteroatoms. The summed E-state index contributed by atoms with van der Waals surface area (Å²) >= 11 is 0. The highest BCUT2D eigenvalue weighted by atomic mass is 32.1. The molecule has 2 saturated carbocycles. The Hall–Kier alpha value is 0.310. The summed E-state index contributed by atoms with van der Waals surface area (Å²) in [7, 11) is 0. The summed E-state index contributed by atoms with van der Waals surface area (Å²) in [6.45, 7) is 0. The molecule has 2 aliphatic carbocycles. The lowest BCUT2D eigenvalue weighted by atomic mass is 9.76. The Bertz CT molecular complexity index is 146. The third-order valence-corrected chi connectivity index (χ3v) is 3.83. The fourth-order valence-corrected chi connectivity index (χ4v) is 3.04. The highest BCUT2D eigenvalue weighted by Gasteiger charge is 2.39. The van der Waals surface area contributed by atoms with Gasteiger partial charge in [0.15, 0.2) is 0 Å². The normalized spacial score (nSPS) is 28.4. The largest absolute Gasteiger partial charge is 0.390 e. The van der Waals surface area contributed by atoms with Crippen molar-refractivity contribution in [1.82, 2.24) is 0 Å². The highest BCUT2D eigenvalue weighted by molar-refractivity contribution is 7.59. The second-order valence-electron chi connectivity index (χ2n) is 4.65. The van der Waals surface area contributed by atoms with Crippen LogP contribution in [0.25, 0.3) is 0 Å². The number of hydrogen-bond acceptors (Lipinski definition) is 1. The lowest BCUT2D eigenvalue weighted by molar-refractivity contribution is -0.0267. The molecule has 0 radical (unpaired) electrons. The van der Waals surface area contributed by atoms with Gasteiger partial charge in [-0.1, -0.05) is 32.1 Å². The van der Waals surface area contributed by atoms with Crippen molar-refractivity contribution in [2.24, 2.45) is 5.92 Å². The fourth-order valence-electron chi connectivity index (χ4n) is 3.04. The van der Waals surface area contributed by atoms with Crippen LogP contribution >= 0.6 is 13.5 Å². The molecule has 0 saturated heterocycles. The summed E-state index contributed by atoms with van der Waals surface area (Å²) < 4.78 is 0. The third-order valence-electron chi connectivity index (χ3n) is 3.83. The van der Waals surface area contributed by atoms with Gasteiger partial charge in [0, 0.05) is 0 Å². The molecule has 0 amide bonds. The molecule has 0 unspecified atom stereocenters. The summed E-state index contributed by atoms with van der Waals surface area (Å²) in [5.74, 6) is 0.647. The monoisotopic (exact) mass is 202 g/mol. The van der Waals surface area contributed by atoms with Crippen LogP contribution in [-0.2, 0) is 0 Å². The van der Waals surface area contributed by atoms with E-state index in [1.165, 1.54) is 44.9 Å². The molecule has 13 heavy (non-hydrogen) atoms. The quantitative estimate of drug-likeness (QED) is 0.693. The molecular weight excluding hydrogens is 180 g/mol. The van der Waals surface area contributed by atoms with Crippen LogP contribution in [0.1, 0.15) is 57.8 Å². The Morgan fingerprint density at radius 3 is 1.92 bits per heavy atom. The van der Waals surface area contributed by atoms with Gasteiger partial charge in [0.2, 0.25) is 0 Å². The summed E-state index contributed by atoms with van der Waals surface area (Å²) in [5, 5.41) is 10.3. The molecule has 0 aromatic carbocycles. The minimum Gasteiger partial charge on any atom is -0.390 e. The molecule has 2 fully saturated rings. The lowest BCUT2D eigenvalue weighted by Gasteiger charge is -2.35. The first-order chi connectivity index (χ1) is 5.81. The Morgan fingerprint density at radius 1 is 0.846 bits per heavy atom. The molecule has 2 aliphatic rings. The first-order valence-electron chi connectivity index (χ1n) is 5.54. The molecule has 0 aromatic heterocycles. The van der Waals surface area contributed by atoms with E-state index in [-0.39, 0.29) is 19.1 Å². The molecule has 0 bridgehead atoms. The van der Waals surface area contributed by atoms with Crippen LogP contribution in [0, 0.1) is 5.92 Å². The Balaban J connectivity index is 0.000000845. The minimum atomic E-state index is -0.236. The first-order valence-corrected chi connectivity index (χ1v) is 5.54. The Labute approximate surface area is 88.4 Å². The van der Waals surface area contributed by atoms with Crippen LogP contribution in [0.5, 0.6) is 0 Å². The highest BCUT2D eigenvalue weighted by Crippen LogP contribution is 2.42. The standard InChI is InChI=1S/C11H20O.H2S/c12-11(8-4-5-9-11)10-6-2-1-3-7-10;/h10,12H,1-9H2;1H2. The van der Waals surface area contributed by atoms with Crippen LogP contribution < -0.4 is 0 Å². The van der Waals surface area contributed by atoms with E-state index in [0.29, 0.717) is 5.92 Å². The van der Waals surface area contributed by atoms with Crippen LogP contribution in [0.15, 0.2) is 0 Å². The average molecular weight is 202 g/mol. The van der Waals surface area contributed by atoms with Crippen LogP contribution in [0.2, 0.25) is 0 Å². The third kappa shape index (κ3) is 2.41. The van der Waals surface area contributed by atoms with E-state index in [0.717, 1.165) is 12.8 Å². The van der Waals surface area contributed by atoms with Gasteiger partial charge < -0.3 is 5.11 Å². The fraction of sp³-hybridized carbons (Fsp3) is 1.00. The Morgan fingerprint density at radius 2 is 1.38 bits per heavy atom. The summed E-state index contributed by atoms with van der Waals surface area (Å²) in [6, 6.07) is 0. The van der Waals surface area contributed by atoms with Crippen LogP contribution in [0.3, 0.4) is 0 Å². The van der Waals surface area contributed by atoms with Crippen molar-refractivity contribution >= 4 is 13.5 Å². The molecule has 78 valence electrons. The molecule has 0 spiro atoms. The van der Waals surface area contributed by atoms with Gasteiger partial charge in [-0.2, -0.15) is 13.5 Å². The van der Waals surface area contributed by atoms with Gasteiger partial charge >= 0.3 is 0 Å². The van der Waals surface area contributed by atoms with Gasteiger partial charge in [0.25, 0.3) is 0 Å². The molecular formula is C11H22OS. The lowest BCUT2D eigenvalue weighted by Crippen LogP contribution is -2.35. The van der Waals surface area contributed by atoms with E-state index in [2.05, 4.69) is 0 Å². The van der Waals surface area contributed by atoms with E-state index < -0.39 is 0 Å². The Kier molecular flexibility index (Phi) is 4.11. The van der Waals surface area contributed by atoms with E-state index >= 15 is 0 Å². The van der Waals surface area contributed by atoms with Crippen LogP contribution in [-0.4, -0.2) is 10.7 Å². The first kappa shape index (κ1) is 11.4. The zero-order valence-electron chi connectivity index (χ0n) is 8.39. The van der Waals surface area contributed by atoms with Gasteiger partial charge in [-0.3, -0.25) is 0 Å². The molecule has 0 aromatic rings. The SMILES string of the molecule is OC1(C2CCCCC2)CCCC1.S. The van der Waals surface area contributed by atoms with Crippen molar-refractivity contribution < 1.29 is 5.11 Å². The van der Waals surface area contributed by atoms with Gasteiger partial charge in [-0.15, -0.1) is 0 Å². The van der Waals surface area contributed by atoms with Crippen LogP contribution in [0.4, 0.5) is 0 Å². The number of aliphatic hydroxyl groups is 1. The van der Waals surface area contributed by atoms with Gasteiger partial charge in [0.1, 0.15) is 0 Å². The zero-order chi connectivity index (χ0) is 8.44. The summed E-state index contributed by atoms with van der Waals surface area (Å²) in [6.07, 6.45) is 11.4. The van der Waals surface area contributed by atoms with E-state index in [4.69, 9.17) is 0 Å². The maximum atomic E-state index is 10.3. The van der Waals surface area contributed by atoms with E-state index in [9.17, 15) is 5.11 Å². The minimum absolute atomic E-state index is 0. The molecule has 1 N–H and O–H groups in total. The second kappa shape index (κ2) is 4.70. The topological polar surface area (TPSA) is 20.2 Å². The number of rotatable bonds is 1. The van der Waals surface area contributed by atoms with Crippen molar-refractivity contribution in [3.05, 3.63) is 0 Å². The number of hydrogen-bond donors (Lipinski definition) is 1. The van der Waals surface area contributed by atoms with Crippen molar-refractivity contribution in [2.75, 3.05) is 0 Å². The van der Waals surface area contributed by atoms with Crippen molar-refractivity contribution in [3.8, 4) is 0 Å². The molecule has 0 aliphatic heterocycles. The smallest absolute Gasteiger partial charge is 0.0675 e. The van der Waals surface area contributed by atoms with E-state index in [1.807, 2.05) is 0 Å². The average Bonchev–Trinajstić information content (AvgIpc) is 2.55. The zero-order valence-corrected chi connectivity index (χ0v) is 9.39. The van der Waals surface area contributed by atoms with Gasteiger partial charge in [-0.25, -0.2) is 0 Å². The van der Waals surface area contributed by atoms with Crippen molar-refractivity contribution in [1.29, 1.82) is 0 Å².